The fourth-order valence-corrected chi connectivity index (χ4v) is 1.95. The van der Waals surface area contributed by atoms with Crippen LogP contribution in [0.3, 0.4) is 0 Å². The highest BCUT2D eigenvalue weighted by Crippen LogP contribution is 2.37. The van der Waals surface area contributed by atoms with Crippen molar-refractivity contribution in [2.24, 2.45) is 10.8 Å². The van der Waals surface area contributed by atoms with Crippen LogP contribution in [0.4, 0.5) is 0 Å². The second-order valence-electron chi connectivity index (χ2n) is 5.21. The van der Waals surface area contributed by atoms with Gasteiger partial charge < -0.3 is 15.3 Å². The summed E-state index contributed by atoms with van der Waals surface area (Å²) in [5.41, 5.74) is -1.54. The van der Waals surface area contributed by atoms with Gasteiger partial charge in [-0.3, -0.25) is 4.79 Å². The molecule has 3 N–H and O–H groups in total. The zero-order valence-electron chi connectivity index (χ0n) is 10.7. The van der Waals surface area contributed by atoms with Crippen LogP contribution in [-0.4, -0.2) is 34.0 Å². The minimum Gasteiger partial charge on any atom is -0.481 e. The van der Waals surface area contributed by atoms with Crippen molar-refractivity contribution in [3.63, 3.8) is 0 Å². The van der Waals surface area contributed by atoms with Crippen LogP contribution >= 0.6 is 0 Å². The molecular formula is C12H24O4. The second kappa shape index (κ2) is 5.64. The fraction of sp³-hybridized carbons (Fsp3) is 0.917. The topological polar surface area (TPSA) is 77.8 Å². The van der Waals surface area contributed by atoms with E-state index in [-0.39, 0.29) is 13.0 Å². The first-order valence-corrected chi connectivity index (χ1v) is 5.78. The SMILES string of the molecule is CCC(CC)(C(=O)O)C(O)CC(C)(C)CO. The summed E-state index contributed by atoms with van der Waals surface area (Å²) in [6.07, 6.45) is 0.141. The molecule has 96 valence electrons. The summed E-state index contributed by atoms with van der Waals surface area (Å²) in [7, 11) is 0. The molecule has 4 heteroatoms. The predicted molar refractivity (Wildman–Crippen MR) is 62.1 cm³/mol. The Labute approximate surface area is 97.3 Å². The highest BCUT2D eigenvalue weighted by molar-refractivity contribution is 5.75. The molecule has 0 saturated heterocycles. The Kier molecular flexibility index (Phi) is 5.42. The van der Waals surface area contributed by atoms with Gasteiger partial charge in [-0.1, -0.05) is 27.7 Å². The first-order valence-electron chi connectivity index (χ1n) is 5.78. The van der Waals surface area contributed by atoms with E-state index in [0.717, 1.165) is 0 Å². The van der Waals surface area contributed by atoms with Crippen molar-refractivity contribution in [1.29, 1.82) is 0 Å². The third kappa shape index (κ3) is 3.19. The zero-order valence-corrected chi connectivity index (χ0v) is 10.7. The summed E-state index contributed by atoms with van der Waals surface area (Å²) in [5.74, 6) is -0.960. The number of carboxylic acids is 1. The van der Waals surface area contributed by atoms with Gasteiger partial charge in [-0.15, -0.1) is 0 Å². The molecule has 0 saturated carbocycles. The molecule has 0 heterocycles. The summed E-state index contributed by atoms with van der Waals surface area (Å²) >= 11 is 0. The number of hydrogen-bond acceptors (Lipinski definition) is 3. The van der Waals surface area contributed by atoms with E-state index >= 15 is 0 Å². The van der Waals surface area contributed by atoms with Gasteiger partial charge in [0.15, 0.2) is 0 Å². The van der Waals surface area contributed by atoms with Gasteiger partial charge in [-0.25, -0.2) is 0 Å². The molecule has 16 heavy (non-hydrogen) atoms. The van der Waals surface area contributed by atoms with Crippen LogP contribution in [0.5, 0.6) is 0 Å². The number of rotatable bonds is 7. The van der Waals surface area contributed by atoms with Gasteiger partial charge >= 0.3 is 5.97 Å². The van der Waals surface area contributed by atoms with Crippen LogP contribution in [0.15, 0.2) is 0 Å². The molecule has 0 bridgehead atoms. The van der Waals surface area contributed by atoms with Gasteiger partial charge in [-0.2, -0.15) is 0 Å². The summed E-state index contributed by atoms with van der Waals surface area (Å²) in [6, 6.07) is 0. The van der Waals surface area contributed by atoms with Gasteiger partial charge in [0.25, 0.3) is 0 Å². The number of aliphatic carboxylic acids is 1. The molecule has 0 radical (unpaired) electrons. The molecule has 0 rings (SSSR count). The number of hydrogen-bond donors (Lipinski definition) is 3. The summed E-state index contributed by atoms with van der Waals surface area (Å²) in [6.45, 7) is 7.11. The van der Waals surface area contributed by atoms with Crippen LogP contribution in [0.2, 0.25) is 0 Å². The first kappa shape index (κ1) is 15.4. The monoisotopic (exact) mass is 232 g/mol. The van der Waals surface area contributed by atoms with Crippen molar-refractivity contribution in [2.45, 2.75) is 53.1 Å². The third-order valence-electron chi connectivity index (χ3n) is 3.50. The first-order chi connectivity index (χ1) is 7.25. The molecule has 0 aliphatic heterocycles. The molecule has 0 aromatic heterocycles. The number of carboxylic acid groups (broad SMARTS) is 1. The Morgan fingerprint density at radius 3 is 1.94 bits per heavy atom. The van der Waals surface area contributed by atoms with Crippen molar-refractivity contribution >= 4 is 5.97 Å². The highest BCUT2D eigenvalue weighted by atomic mass is 16.4. The second-order valence-corrected chi connectivity index (χ2v) is 5.21. The minimum absolute atomic E-state index is 0.0623. The van der Waals surface area contributed by atoms with Gasteiger partial charge in [-0.05, 0) is 24.7 Å². The van der Waals surface area contributed by atoms with E-state index < -0.39 is 22.9 Å². The number of aliphatic hydroxyl groups excluding tert-OH is 2. The molecule has 0 amide bonds. The van der Waals surface area contributed by atoms with Crippen LogP contribution in [0.25, 0.3) is 0 Å². The van der Waals surface area contributed by atoms with E-state index in [0.29, 0.717) is 12.8 Å². The maximum Gasteiger partial charge on any atom is 0.312 e. The van der Waals surface area contributed by atoms with Crippen molar-refractivity contribution < 1.29 is 20.1 Å². The molecule has 0 fully saturated rings. The number of carbonyl (C=O) groups is 1. The standard InChI is InChI=1S/C12H24O4/c1-5-12(6-2,10(15)16)9(14)7-11(3,4)8-13/h9,13-14H,5-8H2,1-4H3,(H,15,16). The average molecular weight is 232 g/mol. The van der Waals surface area contributed by atoms with E-state index in [1.807, 2.05) is 13.8 Å². The van der Waals surface area contributed by atoms with E-state index in [1.54, 1.807) is 13.8 Å². The quantitative estimate of drug-likeness (QED) is 0.623. The molecule has 0 aliphatic carbocycles. The van der Waals surface area contributed by atoms with Gasteiger partial charge in [0.1, 0.15) is 0 Å². The maximum atomic E-state index is 11.3. The Morgan fingerprint density at radius 2 is 1.69 bits per heavy atom. The van der Waals surface area contributed by atoms with E-state index in [4.69, 9.17) is 5.11 Å². The van der Waals surface area contributed by atoms with Crippen molar-refractivity contribution in [3.05, 3.63) is 0 Å². The molecule has 0 aromatic carbocycles. The maximum absolute atomic E-state index is 11.3. The van der Waals surface area contributed by atoms with Crippen LogP contribution < -0.4 is 0 Å². The lowest BCUT2D eigenvalue weighted by atomic mass is 9.71. The van der Waals surface area contributed by atoms with E-state index in [9.17, 15) is 15.0 Å². The predicted octanol–water partition coefficient (Wildman–Crippen LogP) is 1.65. The number of aliphatic hydroxyl groups is 2. The fourth-order valence-electron chi connectivity index (χ4n) is 1.95. The van der Waals surface area contributed by atoms with Crippen molar-refractivity contribution in [1.82, 2.24) is 0 Å². The van der Waals surface area contributed by atoms with Crippen molar-refractivity contribution in [3.8, 4) is 0 Å². The zero-order chi connectivity index (χ0) is 13.0. The molecular weight excluding hydrogens is 208 g/mol. The summed E-state index contributed by atoms with van der Waals surface area (Å²) in [4.78, 5) is 11.3. The van der Waals surface area contributed by atoms with Crippen LogP contribution in [0, 0.1) is 10.8 Å². The Morgan fingerprint density at radius 1 is 1.25 bits per heavy atom. The van der Waals surface area contributed by atoms with E-state index in [1.165, 1.54) is 0 Å². The Balaban J connectivity index is 4.89. The molecule has 0 spiro atoms. The summed E-state index contributed by atoms with van der Waals surface area (Å²) < 4.78 is 0. The third-order valence-corrected chi connectivity index (χ3v) is 3.50. The molecule has 0 aliphatic rings. The minimum atomic E-state index is -1.09. The lowest BCUT2D eigenvalue weighted by Gasteiger charge is -2.36. The molecule has 1 atom stereocenters. The summed E-state index contributed by atoms with van der Waals surface area (Å²) in [5, 5.41) is 28.5. The van der Waals surface area contributed by atoms with Gasteiger partial charge in [0.05, 0.1) is 11.5 Å². The lowest BCUT2D eigenvalue weighted by molar-refractivity contribution is -0.159. The normalized spacial score (nSPS) is 14.9. The van der Waals surface area contributed by atoms with Crippen LogP contribution in [-0.2, 0) is 4.79 Å². The molecule has 1 unspecified atom stereocenters. The van der Waals surface area contributed by atoms with Crippen LogP contribution in [0.1, 0.15) is 47.0 Å². The largest absolute Gasteiger partial charge is 0.481 e. The molecule has 0 aromatic rings. The Hall–Kier alpha value is -0.610. The van der Waals surface area contributed by atoms with Crippen molar-refractivity contribution in [2.75, 3.05) is 6.61 Å². The van der Waals surface area contributed by atoms with E-state index in [2.05, 4.69) is 0 Å². The molecule has 4 nitrogen and oxygen atoms in total. The van der Waals surface area contributed by atoms with Gasteiger partial charge in [0.2, 0.25) is 0 Å². The average Bonchev–Trinajstić information content (AvgIpc) is 2.19. The van der Waals surface area contributed by atoms with Gasteiger partial charge in [0, 0.05) is 6.61 Å². The lowest BCUT2D eigenvalue weighted by Crippen LogP contribution is -2.44. The Bertz CT molecular complexity index is 231. The smallest absolute Gasteiger partial charge is 0.312 e. The highest BCUT2D eigenvalue weighted by Gasteiger charge is 2.43.